The monoisotopic (exact) mass is 358 g/mol. The Kier molecular flexibility index (Phi) is 5.37. The number of ether oxygens (including phenoxy) is 1. The standard InChI is InChI=1S/C18H25F3N2O2/c1-5-11-9-12-14(22)7-6-8-23(16(24)25-17(2,3)4)15(12)10-13(11)18(19,20)21/h9-10,14H,5-8,22H2,1-4H3. The van der Waals surface area contributed by atoms with Crippen LogP contribution in [0.1, 0.15) is 63.3 Å². The summed E-state index contributed by atoms with van der Waals surface area (Å²) >= 11 is 0. The Morgan fingerprint density at radius 2 is 1.96 bits per heavy atom. The second-order valence-corrected chi connectivity index (χ2v) is 7.30. The van der Waals surface area contributed by atoms with Gasteiger partial charge in [-0.3, -0.25) is 4.90 Å². The van der Waals surface area contributed by atoms with E-state index >= 15 is 0 Å². The van der Waals surface area contributed by atoms with Crippen LogP contribution in [0, 0.1) is 0 Å². The molecule has 1 unspecified atom stereocenters. The fraction of sp³-hybridized carbons (Fsp3) is 0.611. The number of carbonyl (C=O) groups excluding carboxylic acids is 1. The average molecular weight is 358 g/mol. The highest BCUT2D eigenvalue weighted by atomic mass is 19.4. The Bertz CT molecular complexity index is 651. The number of carbonyl (C=O) groups is 1. The normalized spacial score (nSPS) is 18.6. The molecular weight excluding hydrogens is 333 g/mol. The van der Waals surface area contributed by atoms with Gasteiger partial charge in [0.2, 0.25) is 0 Å². The summed E-state index contributed by atoms with van der Waals surface area (Å²) in [6.07, 6.45) is -3.71. The first-order chi connectivity index (χ1) is 11.4. The summed E-state index contributed by atoms with van der Waals surface area (Å²) in [5, 5.41) is 0. The van der Waals surface area contributed by atoms with Crippen LogP contribution in [0.15, 0.2) is 12.1 Å². The summed E-state index contributed by atoms with van der Waals surface area (Å²) < 4.78 is 45.7. The summed E-state index contributed by atoms with van der Waals surface area (Å²) in [6, 6.07) is 2.13. The first-order valence-electron chi connectivity index (χ1n) is 8.44. The highest BCUT2D eigenvalue weighted by molar-refractivity contribution is 5.89. The molecule has 4 nitrogen and oxygen atoms in total. The van der Waals surface area contributed by atoms with E-state index in [0.717, 1.165) is 6.07 Å². The fourth-order valence-corrected chi connectivity index (χ4v) is 2.99. The van der Waals surface area contributed by atoms with Crippen molar-refractivity contribution in [3.05, 3.63) is 28.8 Å². The van der Waals surface area contributed by atoms with Gasteiger partial charge in [-0.15, -0.1) is 0 Å². The van der Waals surface area contributed by atoms with E-state index in [2.05, 4.69) is 0 Å². The van der Waals surface area contributed by atoms with Gasteiger partial charge in [0.15, 0.2) is 0 Å². The molecule has 0 radical (unpaired) electrons. The Morgan fingerprint density at radius 3 is 2.48 bits per heavy atom. The summed E-state index contributed by atoms with van der Waals surface area (Å²) in [5.41, 5.74) is 5.65. The molecule has 0 saturated carbocycles. The Balaban J connectivity index is 2.58. The number of rotatable bonds is 1. The first kappa shape index (κ1) is 19.6. The van der Waals surface area contributed by atoms with Crippen LogP contribution in [0.5, 0.6) is 0 Å². The van der Waals surface area contributed by atoms with Crippen LogP contribution in [-0.4, -0.2) is 18.2 Å². The highest BCUT2D eigenvalue weighted by Crippen LogP contribution is 2.40. The van der Waals surface area contributed by atoms with Crippen molar-refractivity contribution in [3.8, 4) is 0 Å². The predicted octanol–water partition coefficient (Wildman–Crippen LogP) is 4.80. The third-order valence-corrected chi connectivity index (χ3v) is 4.14. The molecule has 1 aromatic carbocycles. The van der Waals surface area contributed by atoms with Gasteiger partial charge in [-0.2, -0.15) is 13.2 Å². The fourth-order valence-electron chi connectivity index (χ4n) is 2.99. The average Bonchev–Trinajstić information content (AvgIpc) is 2.62. The molecule has 0 saturated heterocycles. The van der Waals surface area contributed by atoms with Crippen molar-refractivity contribution < 1.29 is 22.7 Å². The Hall–Kier alpha value is -1.76. The van der Waals surface area contributed by atoms with E-state index in [-0.39, 0.29) is 24.2 Å². The van der Waals surface area contributed by atoms with Crippen molar-refractivity contribution >= 4 is 11.8 Å². The largest absolute Gasteiger partial charge is 0.443 e. The van der Waals surface area contributed by atoms with Gasteiger partial charge >= 0.3 is 12.3 Å². The van der Waals surface area contributed by atoms with E-state index in [0.29, 0.717) is 18.4 Å². The predicted molar refractivity (Wildman–Crippen MR) is 90.6 cm³/mol. The molecular formula is C18H25F3N2O2. The summed E-state index contributed by atoms with van der Waals surface area (Å²) in [5.74, 6) is 0. The van der Waals surface area contributed by atoms with E-state index in [1.54, 1.807) is 27.7 Å². The minimum Gasteiger partial charge on any atom is -0.443 e. The van der Waals surface area contributed by atoms with Gasteiger partial charge in [-0.1, -0.05) is 13.0 Å². The maximum atomic E-state index is 13.4. The molecule has 0 spiro atoms. The second kappa shape index (κ2) is 6.86. The number of hydrogen-bond donors (Lipinski definition) is 1. The van der Waals surface area contributed by atoms with Crippen LogP contribution in [0.4, 0.5) is 23.7 Å². The molecule has 1 amide bonds. The summed E-state index contributed by atoms with van der Waals surface area (Å²) in [7, 11) is 0. The SMILES string of the molecule is CCc1cc2c(cc1C(F)(F)F)N(C(=O)OC(C)(C)C)CCCC2N. The second-order valence-electron chi connectivity index (χ2n) is 7.30. The van der Waals surface area contributed by atoms with Crippen LogP contribution in [0.25, 0.3) is 0 Å². The number of fused-ring (bicyclic) bond motifs is 1. The number of aryl methyl sites for hydroxylation is 1. The molecule has 25 heavy (non-hydrogen) atoms. The quantitative estimate of drug-likeness (QED) is 0.784. The number of halogens is 3. The molecule has 0 bridgehead atoms. The van der Waals surface area contributed by atoms with E-state index in [1.165, 1.54) is 11.0 Å². The van der Waals surface area contributed by atoms with Crippen LogP contribution < -0.4 is 10.6 Å². The minimum atomic E-state index is -4.49. The number of alkyl halides is 3. The van der Waals surface area contributed by atoms with E-state index in [9.17, 15) is 18.0 Å². The first-order valence-corrected chi connectivity index (χ1v) is 8.44. The van der Waals surface area contributed by atoms with Crippen LogP contribution in [0.3, 0.4) is 0 Å². The van der Waals surface area contributed by atoms with E-state index < -0.39 is 29.5 Å². The number of amides is 1. The molecule has 2 rings (SSSR count). The number of benzene rings is 1. The lowest BCUT2D eigenvalue weighted by molar-refractivity contribution is -0.138. The van der Waals surface area contributed by atoms with E-state index in [1.807, 2.05) is 0 Å². The molecule has 1 heterocycles. The van der Waals surface area contributed by atoms with Crippen molar-refractivity contribution in [3.63, 3.8) is 0 Å². The maximum Gasteiger partial charge on any atom is 0.416 e. The number of anilines is 1. The van der Waals surface area contributed by atoms with Crippen molar-refractivity contribution in [1.29, 1.82) is 0 Å². The van der Waals surface area contributed by atoms with Gasteiger partial charge < -0.3 is 10.5 Å². The molecule has 2 N–H and O–H groups in total. The number of nitrogens with two attached hydrogens (primary N) is 1. The van der Waals surface area contributed by atoms with Crippen molar-refractivity contribution in [2.75, 3.05) is 11.4 Å². The molecule has 1 atom stereocenters. The smallest absolute Gasteiger partial charge is 0.416 e. The van der Waals surface area contributed by atoms with Gasteiger partial charge in [0, 0.05) is 12.6 Å². The number of hydrogen-bond acceptors (Lipinski definition) is 3. The number of nitrogens with zero attached hydrogens (tertiary/aromatic N) is 1. The van der Waals surface area contributed by atoms with E-state index in [4.69, 9.17) is 10.5 Å². The van der Waals surface area contributed by atoms with Gasteiger partial charge in [0.25, 0.3) is 0 Å². The lowest BCUT2D eigenvalue weighted by atomic mass is 9.95. The lowest BCUT2D eigenvalue weighted by Crippen LogP contribution is -2.37. The third kappa shape index (κ3) is 4.45. The van der Waals surface area contributed by atoms with Gasteiger partial charge in [0.05, 0.1) is 11.3 Å². The highest BCUT2D eigenvalue weighted by Gasteiger charge is 2.37. The molecule has 1 aromatic rings. The maximum absolute atomic E-state index is 13.4. The van der Waals surface area contributed by atoms with Crippen LogP contribution >= 0.6 is 0 Å². The van der Waals surface area contributed by atoms with Gasteiger partial charge in [-0.25, -0.2) is 4.79 Å². The van der Waals surface area contributed by atoms with Crippen LogP contribution in [0.2, 0.25) is 0 Å². The third-order valence-electron chi connectivity index (χ3n) is 4.14. The zero-order valence-electron chi connectivity index (χ0n) is 15.0. The van der Waals surface area contributed by atoms with Gasteiger partial charge in [-0.05, 0) is 57.2 Å². The zero-order chi connectivity index (χ0) is 19.0. The molecule has 1 aliphatic heterocycles. The Morgan fingerprint density at radius 1 is 1.32 bits per heavy atom. The Labute approximate surface area is 146 Å². The topological polar surface area (TPSA) is 55.6 Å². The van der Waals surface area contributed by atoms with Crippen molar-refractivity contribution in [1.82, 2.24) is 0 Å². The summed E-state index contributed by atoms with van der Waals surface area (Å²) in [4.78, 5) is 13.8. The molecule has 0 aliphatic carbocycles. The van der Waals surface area contributed by atoms with Crippen molar-refractivity contribution in [2.45, 2.75) is 64.8 Å². The van der Waals surface area contributed by atoms with Gasteiger partial charge in [0.1, 0.15) is 5.60 Å². The van der Waals surface area contributed by atoms with Crippen LogP contribution in [-0.2, 0) is 17.3 Å². The zero-order valence-corrected chi connectivity index (χ0v) is 15.0. The minimum absolute atomic E-state index is 0.188. The molecule has 7 heteroatoms. The molecule has 140 valence electrons. The molecule has 1 aliphatic rings. The summed E-state index contributed by atoms with van der Waals surface area (Å²) in [6.45, 7) is 7.10. The lowest BCUT2D eigenvalue weighted by Gasteiger charge is -2.29. The molecule has 0 aromatic heterocycles. The van der Waals surface area contributed by atoms with Crippen molar-refractivity contribution in [2.24, 2.45) is 5.73 Å². The molecule has 0 fully saturated rings.